The van der Waals surface area contributed by atoms with Crippen molar-refractivity contribution in [3.8, 4) is 0 Å². The van der Waals surface area contributed by atoms with Crippen LogP contribution in [0.15, 0.2) is 22.7 Å². The van der Waals surface area contributed by atoms with Gasteiger partial charge >= 0.3 is 0 Å². The number of fused-ring (bicyclic) bond motifs is 1. The Morgan fingerprint density at radius 1 is 1.47 bits per heavy atom. The maximum absolute atomic E-state index is 12.0. The second-order valence-electron chi connectivity index (χ2n) is 5.06. The van der Waals surface area contributed by atoms with Crippen LogP contribution in [-0.2, 0) is 11.2 Å². The molecule has 2 rings (SSSR count). The lowest BCUT2D eigenvalue weighted by atomic mass is 10.0. The van der Waals surface area contributed by atoms with Crippen LogP contribution in [-0.4, -0.2) is 11.9 Å². The first kappa shape index (κ1) is 16.5. The smallest absolute Gasteiger partial charge is 0.224 e. The lowest BCUT2D eigenvalue weighted by Crippen LogP contribution is -2.39. The molecular formula is C14H20BrClN2O. The largest absolute Gasteiger partial charge is 0.349 e. The summed E-state index contributed by atoms with van der Waals surface area (Å²) in [4.78, 5) is 12.0. The van der Waals surface area contributed by atoms with Gasteiger partial charge in [0.15, 0.2) is 0 Å². The number of halogens is 2. The average molecular weight is 348 g/mol. The predicted octanol–water partition coefficient (Wildman–Crippen LogP) is 2.96. The van der Waals surface area contributed by atoms with Crippen molar-refractivity contribution in [1.82, 2.24) is 5.32 Å². The van der Waals surface area contributed by atoms with E-state index in [0.29, 0.717) is 0 Å². The van der Waals surface area contributed by atoms with Crippen LogP contribution in [0.1, 0.15) is 37.4 Å². The third-order valence-corrected chi connectivity index (χ3v) is 4.48. The molecule has 19 heavy (non-hydrogen) atoms. The highest BCUT2D eigenvalue weighted by Crippen LogP contribution is 2.35. The highest BCUT2D eigenvalue weighted by atomic mass is 79.9. The van der Waals surface area contributed by atoms with Crippen LogP contribution >= 0.6 is 28.3 Å². The molecule has 5 heteroatoms. The molecule has 3 nitrogen and oxygen atoms in total. The first-order valence-corrected chi connectivity index (χ1v) is 7.13. The molecule has 0 radical (unpaired) electrons. The summed E-state index contributed by atoms with van der Waals surface area (Å²) in [5, 5.41) is 3.10. The quantitative estimate of drug-likeness (QED) is 0.883. The summed E-state index contributed by atoms with van der Waals surface area (Å²) in [5.41, 5.74) is 8.31. The van der Waals surface area contributed by atoms with Crippen molar-refractivity contribution >= 4 is 34.2 Å². The maximum atomic E-state index is 12.0. The summed E-state index contributed by atoms with van der Waals surface area (Å²) in [6.45, 7) is 3.74. The van der Waals surface area contributed by atoms with E-state index in [-0.39, 0.29) is 36.3 Å². The molecule has 106 valence electrons. The third kappa shape index (κ3) is 3.50. The fourth-order valence-corrected chi connectivity index (χ4v) is 2.88. The summed E-state index contributed by atoms with van der Waals surface area (Å²) in [6.07, 6.45) is 1.98. The Hall–Kier alpha value is -0.580. The monoisotopic (exact) mass is 346 g/mol. The van der Waals surface area contributed by atoms with E-state index < -0.39 is 0 Å². The number of hydrogen-bond donors (Lipinski definition) is 2. The SMILES string of the molecule is CC(N)C(C)C(=O)NC1CCc2c(Br)cccc21.Cl. The minimum Gasteiger partial charge on any atom is -0.349 e. The van der Waals surface area contributed by atoms with Crippen molar-refractivity contribution in [2.24, 2.45) is 11.7 Å². The van der Waals surface area contributed by atoms with Gasteiger partial charge in [0.05, 0.1) is 6.04 Å². The van der Waals surface area contributed by atoms with E-state index in [4.69, 9.17) is 5.73 Å². The van der Waals surface area contributed by atoms with Crippen LogP contribution in [0.4, 0.5) is 0 Å². The van der Waals surface area contributed by atoms with Crippen molar-refractivity contribution in [3.63, 3.8) is 0 Å². The highest BCUT2D eigenvalue weighted by molar-refractivity contribution is 9.10. The molecule has 0 saturated carbocycles. The van der Waals surface area contributed by atoms with Crippen LogP contribution < -0.4 is 11.1 Å². The molecule has 0 bridgehead atoms. The molecule has 1 aliphatic rings. The van der Waals surface area contributed by atoms with Crippen molar-refractivity contribution < 1.29 is 4.79 Å². The normalized spacial score (nSPS) is 20.1. The van der Waals surface area contributed by atoms with Gasteiger partial charge in [-0.05, 0) is 37.0 Å². The zero-order valence-corrected chi connectivity index (χ0v) is 13.6. The minimum atomic E-state index is -0.152. The number of carbonyl (C=O) groups excluding carboxylic acids is 1. The van der Waals surface area contributed by atoms with E-state index in [2.05, 4.69) is 27.3 Å². The van der Waals surface area contributed by atoms with Gasteiger partial charge in [-0.1, -0.05) is 35.0 Å². The number of carbonyl (C=O) groups is 1. The standard InChI is InChI=1S/C14H19BrN2O.ClH/c1-8(9(2)16)14(18)17-13-7-6-10-11(13)4-3-5-12(10)15;/h3-5,8-9,13H,6-7,16H2,1-2H3,(H,17,18);1H. The van der Waals surface area contributed by atoms with Crippen molar-refractivity contribution in [2.45, 2.75) is 38.8 Å². The van der Waals surface area contributed by atoms with Gasteiger partial charge in [0.25, 0.3) is 0 Å². The van der Waals surface area contributed by atoms with Crippen LogP contribution in [0.5, 0.6) is 0 Å². The van der Waals surface area contributed by atoms with Gasteiger partial charge in [-0.3, -0.25) is 4.79 Å². The molecule has 0 saturated heterocycles. The first-order valence-electron chi connectivity index (χ1n) is 6.34. The van der Waals surface area contributed by atoms with Gasteiger partial charge in [-0.25, -0.2) is 0 Å². The molecule has 0 fully saturated rings. The lowest BCUT2D eigenvalue weighted by Gasteiger charge is -2.20. The molecule has 3 unspecified atom stereocenters. The van der Waals surface area contributed by atoms with Crippen molar-refractivity contribution in [2.75, 3.05) is 0 Å². The Bertz CT molecular complexity index is 465. The van der Waals surface area contributed by atoms with Gasteiger partial charge in [-0.15, -0.1) is 12.4 Å². The van der Waals surface area contributed by atoms with Crippen LogP contribution in [0, 0.1) is 5.92 Å². The predicted molar refractivity (Wildman–Crippen MR) is 83.4 cm³/mol. The number of rotatable bonds is 3. The van der Waals surface area contributed by atoms with Crippen LogP contribution in [0.3, 0.4) is 0 Å². The zero-order chi connectivity index (χ0) is 13.3. The van der Waals surface area contributed by atoms with Gasteiger partial charge in [0, 0.05) is 16.4 Å². The first-order chi connectivity index (χ1) is 8.50. The second kappa shape index (κ2) is 6.73. The average Bonchev–Trinajstić information content (AvgIpc) is 2.73. The summed E-state index contributed by atoms with van der Waals surface area (Å²) in [5.74, 6) is -0.107. The third-order valence-electron chi connectivity index (χ3n) is 3.73. The van der Waals surface area contributed by atoms with Gasteiger partial charge in [0.1, 0.15) is 0 Å². The summed E-state index contributed by atoms with van der Waals surface area (Å²) in [6, 6.07) is 6.17. The summed E-state index contributed by atoms with van der Waals surface area (Å²) in [7, 11) is 0. The molecule has 1 aromatic carbocycles. The van der Waals surface area contributed by atoms with Crippen molar-refractivity contribution in [3.05, 3.63) is 33.8 Å². The van der Waals surface area contributed by atoms with Gasteiger partial charge in [-0.2, -0.15) is 0 Å². The molecule has 0 aromatic heterocycles. The van der Waals surface area contributed by atoms with Crippen molar-refractivity contribution in [1.29, 1.82) is 0 Å². The Balaban J connectivity index is 0.00000180. The fourth-order valence-electron chi connectivity index (χ4n) is 2.30. The van der Waals surface area contributed by atoms with E-state index >= 15 is 0 Å². The summed E-state index contributed by atoms with van der Waals surface area (Å²) >= 11 is 3.56. The molecule has 3 N–H and O–H groups in total. The summed E-state index contributed by atoms with van der Waals surface area (Å²) < 4.78 is 1.14. The fraction of sp³-hybridized carbons (Fsp3) is 0.500. The number of benzene rings is 1. The topological polar surface area (TPSA) is 55.1 Å². The molecule has 0 heterocycles. The number of amides is 1. The number of nitrogens with two attached hydrogens (primary N) is 1. The molecule has 0 aliphatic heterocycles. The van der Waals surface area contributed by atoms with Gasteiger partial charge < -0.3 is 11.1 Å². The molecule has 3 atom stereocenters. The second-order valence-corrected chi connectivity index (χ2v) is 5.91. The molecule has 1 aliphatic carbocycles. The molecule has 1 amide bonds. The number of hydrogen-bond acceptors (Lipinski definition) is 2. The van der Waals surface area contributed by atoms with E-state index in [1.165, 1.54) is 11.1 Å². The van der Waals surface area contributed by atoms with E-state index in [1.54, 1.807) is 0 Å². The van der Waals surface area contributed by atoms with Gasteiger partial charge in [0.2, 0.25) is 5.91 Å². The van der Waals surface area contributed by atoms with E-state index in [9.17, 15) is 4.79 Å². The molecular weight excluding hydrogens is 328 g/mol. The van der Waals surface area contributed by atoms with Crippen LogP contribution in [0.2, 0.25) is 0 Å². The minimum absolute atomic E-state index is 0. The molecule has 0 spiro atoms. The van der Waals surface area contributed by atoms with Crippen LogP contribution in [0.25, 0.3) is 0 Å². The highest BCUT2D eigenvalue weighted by Gasteiger charge is 2.27. The van der Waals surface area contributed by atoms with E-state index in [0.717, 1.165) is 17.3 Å². The Labute approximate surface area is 128 Å². The maximum Gasteiger partial charge on any atom is 0.224 e. The zero-order valence-electron chi connectivity index (χ0n) is 11.2. The Morgan fingerprint density at radius 2 is 2.16 bits per heavy atom. The van der Waals surface area contributed by atoms with E-state index in [1.807, 2.05) is 26.0 Å². The Morgan fingerprint density at radius 3 is 2.79 bits per heavy atom. The Kier molecular flexibility index (Phi) is 5.83. The number of nitrogens with one attached hydrogen (secondary N) is 1. The molecule has 1 aromatic rings. The lowest BCUT2D eigenvalue weighted by molar-refractivity contribution is -0.125.